The normalized spacial score (nSPS) is 19.9. The minimum Gasteiger partial charge on any atom is -0.466 e. The molecule has 1 aliphatic rings. The fourth-order valence-corrected chi connectivity index (χ4v) is 8.75. The smallest absolute Gasteiger partial charge is 0.330 e. The predicted octanol–water partition coefficient (Wildman–Crippen LogP) is 4.56. The van der Waals surface area contributed by atoms with E-state index in [1.54, 1.807) is 12.2 Å². The van der Waals surface area contributed by atoms with Crippen molar-refractivity contribution in [2.75, 3.05) is 13.7 Å². The molecule has 0 aliphatic carbocycles. The number of benzene rings is 2. The second-order valence-electron chi connectivity index (χ2n) is 9.46. The first-order chi connectivity index (χ1) is 15.7. The van der Waals surface area contributed by atoms with Crippen LogP contribution in [0.3, 0.4) is 0 Å². The molecule has 1 heterocycles. The Kier molecular flexibility index (Phi) is 7.90. The molecule has 174 valence electrons. The minimum atomic E-state index is -2.71. The molecular weight excluding hydrogens is 428 g/mol. The average Bonchev–Trinajstić information content (AvgIpc) is 3.56. The van der Waals surface area contributed by atoms with Crippen molar-refractivity contribution in [3.63, 3.8) is 0 Å². The van der Waals surface area contributed by atoms with Gasteiger partial charge in [-0.05, 0) is 22.3 Å². The maximum Gasteiger partial charge on any atom is 0.330 e. The van der Waals surface area contributed by atoms with Crippen LogP contribution in [0.2, 0.25) is 5.04 Å². The highest BCUT2D eigenvalue weighted by molar-refractivity contribution is 6.99. The second-order valence-corrected chi connectivity index (χ2v) is 13.7. The van der Waals surface area contributed by atoms with Crippen molar-refractivity contribution in [2.45, 2.75) is 44.4 Å². The zero-order chi connectivity index (χ0) is 24.0. The van der Waals surface area contributed by atoms with Crippen molar-refractivity contribution in [1.29, 1.82) is 0 Å². The van der Waals surface area contributed by atoms with Crippen molar-refractivity contribution in [3.8, 4) is 0 Å². The highest BCUT2D eigenvalue weighted by Gasteiger charge is 2.56. The maximum absolute atomic E-state index is 11.2. The molecule has 0 spiro atoms. The van der Waals surface area contributed by atoms with Crippen molar-refractivity contribution in [1.82, 2.24) is 0 Å². The Bertz CT molecular complexity index is 960. The van der Waals surface area contributed by atoms with E-state index < -0.39 is 8.32 Å². The Morgan fingerprint density at radius 3 is 1.94 bits per heavy atom. The topological polar surface area (TPSA) is 48.1 Å². The van der Waals surface area contributed by atoms with Crippen LogP contribution in [0.25, 0.3) is 0 Å². The number of methoxy groups -OCH3 is 1. The average molecular weight is 463 g/mol. The van der Waals surface area contributed by atoms with Gasteiger partial charge in [-0.1, -0.05) is 112 Å². The molecule has 0 saturated carbocycles. The van der Waals surface area contributed by atoms with Gasteiger partial charge in [0.2, 0.25) is 0 Å². The van der Waals surface area contributed by atoms with Gasteiger partial charge in [-0.2, -0.15) is 0 Å². The molecule has 5 heteroatoms. The first-order valence-electron chi connectivity index (χ1n) is 11.3. The van der Waals surface area contributed by atoms with Gasteiger partial charge in [-0.3, -0.25) is 0 Å². The van der Waals surface area contributed by atoms with E-state index in [-0.39, 0.29) is 22.7 Å². The number of ether oxygens (including phenoxy) is 2. The van der Waals surface area contributed by atoms with Gasteiger partial charge < -0.3 is 13.9 Å². The standard InChI is InChI=1S/C28H34O4Si/c1-27(2,3)33(23-16-10-8-11-17-23,24-18-12-9-13-19-24)32-25(28(4)22-31-28)20-14-6-7-15-21-26(29)30-5/h6-21,25H,22H2,1-5H3/b7-6-,20-14+,21-15+/t25-,28+/m1/s1. The summed E-state index contributed by atoms with van der Waals surface area (Å²) in [6, 6.07) is 21.2. The molecule has 2 aromatic carbocycles. The minimum absolute atomic E-state index is 0.119. The van der Waals surface area contributed by atoms with Crippen LogP contribution in [-0.4, -0.2) is 39.7 Å². The van der Waals surface area contributed by atoms with Crippen molar-refractivity contribution < 1.29 is 18.7 Å². The van der Waals surface area contributed by atoms with Crippen LogP contribution in [0, 0.1) is 0 Å². The third kappa shape index (κ3) is 5.80. The predicted molar refractivity (Wildman–Crippen MR) is 136 cm³/mol. The number of hydrogen-bond acceptors (Lipinski definition) is 4. The van der Waals surface area contributed by atoms with Crippen LogP contribution in [0.1, 0.15) is 27.7 Å². The molecule has 2 atom stereocenters. The van der Waals surface area contributed by atoms with Gasteiger partial charge in [-0.25, -0.2) is 4.79 Å². The fourth-order valence-electron chi connectivity index (χ4n) is 4.02. The van der Waals surface area contributed by atoms with Crippen LogP contribution >= 0.6 is 0 Å². The summed E-state index contributed by atoms with van der Waals surface area (Å²) >= 11 is 0. The van der Waals surface area contributed by atoms with E-state index in [0.717, 1.165) is 0 Å². The summed E-state index contributed by atoms with van der Waals surface area (Å²) < 4.78 is 17.7. The van der Waals surface area contributed by atoms with Gasteiger partial charge in [0.05, 0.1) is 19.8 Å². The lowest BCUT2D eigenvalue weighted by molar-refractivity contribution is -0.134. The lowest BCUT2D eigenvalue weighted by Crippen LogP contribution is -2.68. The molecule has 1 aliphatic heterocycles. The highest BCUT2D eigenvalue weighted by atomic mass is 28.4. The number of carbonyl (C=O) groups excluding carboxylic acids is 1. The molecule has 3 rings (SSSR count). The maximum atomic E-state index is 11.2. The summed E-state index contributed by atoms with van der Waals surface area (Å²) in [6.07, 6.45) is 10.5. The summed E-state index contributed by atoms with van der Waals surface area (Å²) in [4.78, 5) is 11.2. The summed E-state index contributed by atoms with van der Waals surface area (Å²) in [5.74, 6) is -0.379. The van der Waals surface area contributed by atoms with E-state index in [2.05, 4.69) is 87.0 Å². The molecule has 4 nitrogen and oxygen atoms in total. The zero-order valence-electron chi connectivity index (χ0n) is 20.2. The first kappa shape index (κ1) is 24.9. The van der Waals surface area contributed by atoms with Gasteiger partial charge in [0, 0.05) is 6.08 Å². The SMILES string of the molecule is COC(=O)/C=C/C=C\C=C\[C@@H](O[Si](c1ccccc1)(c1ccccc1)C(C)(C)C)[C@]1(C)CO1. The second kappa shape index (κ2) is 10.5. The van der Waals surface area contributed by atoms with Gasteiger partial charge in [0.1, 0.15) is 5.60 Å². The monoisotopic (exact) mass is 462 g/mol. The molecule has 0 N–H and O–H groups in total. The summed E-state index contributed by atoms with van der Waals surface area (Å²) in [5, 5.41) is 2.36. The van der Waals surface area contributed by atoms with E-state index in [1.807, 2.05) is 24.3 Å². The Hall–Kier alpha value is -2.73. The van der Waals surface area contributed by atoms with E-state index in [1.165, 1.54) is 23.6 Å². The van der Waals surface area contributed by atoms with E-state index >= 15 is 0 Å². The zero-order valence-corrected chi connectivity index (χ0v) is 21.2. The third-order valence-corrected chi connectivity index (χ3v) is 11.0. The Balaban J connectivity index is 2.01. The molecule has 0 radical (unpaired) electrons. The van der Waals surface area contributed by atoms with Crippen LogP contribution in [0.4, 0.5) is 0 Å². The summed E-state index contributed by atoms with van der Waals surface area (Å²) in [6.45, 7) is 9.57. The highest BCUT2D eigenvalue weighted by Crippen LogP contribution is 2.41. The quantitative estimate of drug-likeness (QED) is 0.180. The Morgan fingerprint density at radius 2 is 1.48 bits per heavy atom. The lowest BCUT2D eigenvalue weighted by Gasteiger charge is -2.45. The number of epoxide rings is 1. The van der Waals surface area contributed by atoms with Crippen LogP contribution in [-0.2, 0) is 18.7 Å². The summed E-state index contributed by atoms with van der Waals surface area (Å²) in [5.41, 5.74) is -0.362. The number of allylic oxidation sites excluding steroid dienone is 4. The van der Waals surface area contributed by atoms with E-state index in [4.69, 9.17) is 9.16 Å². The van der Waals surface area contributed by atoms with Crippen molar-refractivity contribution >= 4 is 24.7 Å². The molecule has 0 bridgehead atoms. The van der Waals surface area contributed by atoms with Crippen LogP contribution in [0.5, 0.6) is 0 Å². The van der Waals surface area contributed by atoms with E-state index in [9.17, 15) is 4.79 Å². The van der Waals surface area contributed by atoms with Crippen LogP contribution in [0.15, 0.2) is 97.1 Å². The molecular formula is C28H34O4Si. The van der Waals surface area contributed by atoms with Gasteiger partial charge in [0.15, 0.2) is 0 Å². The van der Waals surface area contributed by atoms with E-state index in [0.29, 0.717) is 6.61 Å². The Labute approximate surface area is 198 Å². The Morgan fingerprint density at radius 1 is 0.970 bits per heavy atom. The molecule has 0 aromatic heterocycles. The fraction of sp³-hybridized carbons (Fsp3) is 0.321. The molecule has 2 aromatic rings. The number of esters is 1. The number of carbonyl (C=O) groups is 1. The molecule has 0 amide bonds. The molecule has 0 unspecified atom stereocenters. The third-order valence-electron chi connectivity index (χ3n) is 5.97. The van der Waals surface area contributed by atoms with Crippen molar-refractivity contribution in [2.24, 2.45) is 0 Å². The summed E-state index contributed by atoms with van der Waals surface area (Å²) in [7, 11) is -1.35. The first-order valence-corrected chi connectivity index (χ1v) is 13.2. The van der Waals surface area contributed by atoms with Crippen LogP contribution < -0.4 is 10.4 Å². The largest absolute Gasteiger partial charge is 0.466 e. The van der Waals surface area contributed by atoms with Crippen molar-refractivity contribution in [3.05, 3.63) is 97.1 Å². The molecule has 1 saturated heterocycles. The molecule has 1 fully saturated rings. The van der Waals surface area contributed by atoms with Gasteiger partial charge in [-0.15, -0.1) is 0 Å². The number of rotatable bonds is 9. The van der Waals surface area contributed by atoms with Gasteiger partial charge >= 0.3 is 5.97 Å². The molecule has 33 heavy (non-hydrogen) atoms. The van der Waals surface area contributed by atoms with Gasteiger partial charge in [0.25, 0.3) is 8.32 Å². The number of hydrogen-bond donors (Lipinski definition) is 0. The lowest BCUT2D eigenvalue weighted by atomic mass is 10.1.